The summed E-state index contributed by atoms with van der Waals surface area (Å²) in [6.07, 6.45) is 0.507. The summed E-state index contributed by atoms with van der Waals surface area (Å²) in [6, 6.07) is 7.27. The molecule has 1 heterocycles. The molecular weight excluding hydrogens is 212 g/mol. The van der Waals surface area contributed by atoms with E-state index in [9.17, 15) is 5.11 Å². The second-order valence-electron chi connectivity index (χ2n) is 3.67. The van der Waals surface area contributed by atoms with Crippen molar-refractivity contribution in [3.63, 3.8) is 0 Å². The summed E-state index contributed by atoms with van der Waals surface area (Å²) < 4.78 is 0. The van der Waals surface area contributed by atoms with Gasteiger partial charge in [-0.1, -0.05) is 11.6 Å². The van der Waals surface area contributed by atoms with E-state index in [2.05, 4.69) is 0 Å². The maximum Gasteiger partial charge on any atom is 0.0992 e. The van der Waals surface area contributed by atoms with Gasteiger partial charge in [0.05, 0.1) is 28.4 Å². The van der Waals surface area contributed by atoms with Gasteiger partial charge in [-0.3, -0.25) is 0 Å². The van der Waals surface area contributed by atoms with Crippen LogP contribution in [0.15, 0.2) is 18.2 Å². The van der Waals surface area contributed by atoms with Crippen LogP contribution >= 0.6 is 11.6 Å². The highest BCUT2D eigenvalue weighted by Crippen LogP contribution is 2.29. The first-order valence-electron chi connectivity index (χ1n) is 4.83. The molecule has 0 bridgehead atoms. The van der Waals surface area contributed by atoms with Crippen LogP contribution in [-0.4, -0.2) is 24.3 Å². The van der Waals surface area contributed by atoms with Crippen molar-refractivity contribution in [2.45, 2.75) is 12.5 Å². The second kappa shape index (κ2) is 4.09. The van der Waals surface area contributed by atoms with E-state index >= 15 is 0 Å². The van der Waals surface area contributed by atoms with Gasteiger partial charge in [-0.25, -0.2) is 0 Å². The van der Waals surface area contributed by atoms with E-state index in [1.165, 1.54) is 0 Å². The van der Waals surface area contributed by atoms with E-state index in [1.807, 2.05) is 17.0 Å². The molecule has 1 unspecified atom stereocenters. The minimum absolute atomic E-state index is 0.267. The molecule has 0 amide bonds. The summed E-state index contributed by atoms with van der Waals surface area (Å²) in [5.41, 5.74) is 1.45. The maximum absolute atomic E-state index is 9.42. The van der Waals surface area contributed by atoms with Crippen molar-refractivity contribution >= 4 is 17.3 Å². The highest BCUT2D eigenvalue weighted by atomic mass is 35.5. The summed E-state index contributed by atoms with van der Waals surface area (Å²) in [7, 11) is 0. The van der Waals surface area contributed by atoms with E-state index in [1.54, 1.807) is 12.1 Å². The molecule has 0 aliphatic carbocycles. The van der Waals surface area contributed by atoms with E-state index in [4.69, 9.17) is 16.9 Å². The number of nitrogens with zero attached hydrogens (tertiary/aromatic N) is 2. The van der Waals surface area contributed by atoms with Crippen LogP contribution < -0.4 is 4.90 Å². The molecule has 1 aromatic carbocycles. The average Bonchev–Trinajstić information content (AvgIpc) is 2.64. The normalized spacial score (nSPS) is 20.3. The van der Waals surface area contributed by atoms with Crippen molar-refractivity contribution < 1.29 is 5.11 Å². The fourth-order valence-corrected chi connectivity index (χ4v) is 2.09. The maximum atomic E-state index is 9.42. The van der Waals surface area contributed by atoms with E-state index in [-0.39, 0.29) is 6.10 Å². The molecule has 1 aliphatic heterocycles. The Kier molecular flexibility index (Phi) is 2.81. The zero-order valence-electron chi connectivity index (χ0n) is 8.15. The third-order valence-electron chi connectivity index (χ3n) is 2.58. The van der Waals surface area contributed by atoms with Gasteiger partial charge in [-0.2, -0.15) is 5.26 Å². The lowest BCUT2D eigenvalue weighted by Crippen LogP contribution is -2.21. The summed E-state index contributed by atoms with van der Waals surface area (Å²) in [5, 5.41) is 18.7. The molecule has 1 atom stereocenters. The summed E-state index contributed by atoms with van der Waals surface area (Å²) >= 11 is 6.06. The number of β-amino-alcohol motifs (C(OH)–C–C–N with tert-alkyl or cyclic N) is 1. The van der Waals surface area contributed by atoms with Crippen molar-refractivity contribution in [3.8, 4) is 6.07 Å². The van der Waals surface area contributed by atoms with Crippen molar-refractivity contribution in [1.82, 2.24) is 0 Å². The Labute approximate surface area is 93.5 Å². The minimum atomic E-state index is -0.267. The SMILES string of the molecule is N#Cc1ccc(N2CCC(O)C2)c(Cl)c1. The molecule has 1 aromatic rings. The summed E-state index contributed by atoms with van der Waals surface area (Å²) in [4.78, 5) is 2.04. The van der Waals surface area contributed by atoms with Gasteiger partial charge in [0.25, 0.3) is 0 Å². The lowest BCUT2D eigenvalue weighted by atomic mass is 10.2. The van der Waals surface area contributed by atoms with Crippen LogP contribution in [0.1, 0.15) is 12.0 Å². The van der Waals surface area contributed by atoms with E-state index < -0.39 is 0 Å². The molecule has 1 N–H and O–H groups in total. The third-order valence-corrected chi connectivity index (χ3v) is 2.88. The van der Waals surface area contributed by atoms with E-state index in [0.29, 0.717) is 17.1 Å². The molecule has 0 aromatic heterocycles. The number of aliphatic hydroxyl groups excluding tert-OH is 1. The van der Waals surface area contributed by atoms with Crippen LogP contribution in [0.4, 0.5) is 5.69 Å². The Balaban J connectivity index is 2.26. The van der Waals surface area contributed by atoms with Gasteiger partial charge >= 0.3 is 0 Å². The van der Waals surface area contributed by atoms with Gasteiger partial charge in [0.1, 0.15) is 0 Å². The monoisotopic (exact) mass is 222 g/mol. The summed E-state index contributed by atoms with van der Waals surface area (Å²) in [5.74, 6) is 0. The largest absolute Gasteiger partial charge is 0.391 e. The zero-order valence-corrected chi connectivity index (χ0v) is 8.91. The Bertz CT molecular complexity index is 414. The molecule has 1 saturated heterocycles. The number of hydrogen-bond donors (Lipinski definition) is 1. The zero-order chi connectivity index (χ0) is 10.8. The average molecular weight is 223 g/mol. The molecule has 1 fully saturated rings. The van der Waals surface area contributed by atoms with Crippen LogP contribution in [-0.2, 0) is 0 Å². The van der Waals surface area contributed by atoms with Gasteiger partial charge in [-0.15, -0.1) is 0 Å². The fraction of sp³-hybridized carbons (Fsp3) is 0.364. The quantitative estimate of drug-likeness (QED) is 0.788. The number of rotatable bonds is 1. The number of benzene rings is 1. The second-order valence-corrected chi connectivity index (χ2v) is 4.07. The topological polar surface area (TPSA) is 47.3 Å². The highest BCUT2D eigenvalue weighted by Gasteiger charge is 2.21. The Hall–Kier alpha value is -1.24. The van der Waals surface area contributed by atoms with Gasteiger partial charge in [0, 0.05) is 13.1 Å². The molecular formula is C11H11ClN2O. The van der Waals surface area contributed by atoms with Crippen LogP contribution in [0.3, 0.4) is 0 Å². The van der Waals surface area contributed by atoms with Gasteiger partial charge in [0.2, 0.25) is 0 Å². The Morgan fingerprint density at radius 1 is 1.53 bits per heavy atom. The lowest BCUT2D eigenvalue weighted by molar-refractivity contribution is 0.198. The first-order valence-corrected chi connectivity index (χ1v) is 5.21. The molecule has 0 radical (unpaired) electrons. The number of aliphatic hydroxyl groups is 1. The molecule has 3 nitrogen and oxygen atoms in total. The molecule has 1 aliphatic rings. The number of halogens is 1. The molecule has 4 heteroatoms. The molecule has 78 valence electrons. The van der Waals surface area contributed by atoms with Crippen LogP contribution in [0, 0.1) is 11.3 Å². The van der Waals surface area contributed by atoms with Crippen LogP contribution in [0.5, 0.6) is 0 Å². The molecule has 0 saturated carbocycles. The number of hydrogen-bond acceptors (Lipinski definition) is 3. The minimum Gasteiger partial charge on any atom is -0.391 e. The number of nitriles is 1. The highest BCUT2D eigenvalue weighted by molar-refractivity contribution is 6.33. The van der Waals surface area contributed by atoms with Gasteiger partial charge < -0.3 is 10.0 Å². The molecule has 0 spiro atoms. The van der Waals surface area contributed by atoms with E-state index in [0.717, 1.165) is 18.7 Å². The Morgan fingerprint density at radius 3 is 2.87 bits per heavy atom. The first kappa shape index (κ1) is 10.3. The lowest BCUT2D eigenvalue weighted by Gasteiger charge is -2.19. The Morgan fingerprint density at radius 2 is 2.33 bits per heavy atom. The smallest absolute Gasteiger partial charge is 0.0992 e. The van der Waals surface area contributed by atoms with Crippen molar-refractivity contribution in [3.05, 3.63) is 28.8 Å². The van der Waals surface area contributed by atoms with Gasteiger partial charge in [0.15, 0.2) is 0 Å². The fourth-order valence-electron chi connectivity index (χ4n) is 1.79. The first-order chi connectivity index (χ1) is 7.20. The standard InChI is InChI=1S/C11H11ClN2O/c12-10-5-8(6-13)1-2-11(10)14-4-3-9(15)7-14/h1-2,5,9,15H,3-4,7H2. The summed E-state index contributed by atoms with van der Waals surface area (Å²) in [6.45, 7) is 1.43. The molecule has 2 rings (SSSR count). The van der Waals surface area contributed by atoms with Crippen molar-refractivity contribution in [1.29, 1.82) is 5.26 Å². The van der Waals surface area contributed by atoms with Crippen molar-refractivity contribution in [2.24, 2.45) is 0 Å². The number of anilines is 1. The van der Waals surface area contributed by atoms with Crippen molar-refractivity contribution in [2.75, 3.05) is 18.0 Å². The predicted molar refractivity (Wildman–Crippen MR) is 59.0 cm³/mol. The third kappa shape index (κ3) is 2.06. The van der Waals surface area contributed by atoms with Gasteiger partial charge in [-0.05, 0) is 24.6 Å². The van der Waals surface area contributed by atoms with Crippen LogP contribution in [0.25, 0.3) is 0 Å². The predicted octanol–water partition coefficient (Wildman–Crippen LogP) is 1.78. The van der Waals surface area contributed by atoms with Crippen LogP contribution in [0.2, 0.25) is 5.02 Å². The molecule has 15 heavy (non-hydrogen) atoms.